The summed E-state index contributed by atoms with van der Waals surface area (Å²) in [4.78, 5) is 13.4. The summed E-state index contributed by atoms with van der Waals surface area (Å²) >= 11 is 12.4. The second-order valence-corrected chi connectivity index (χ2v) is 11.8. The van der Waals surface area contributed by atoms with Gasteiger partial charge in [0.05, 0.1) is 0 Å². The van der Waals surface area contributed by atoms with Crippen molar-refractivity contribution in [1.82, 2.24) is 5.32 Å². The fourth-order valence-electron chi connectivity index (χ4n) is 5.47. The molecule has 1 saturated heterocycles. The average Bonchev–Trinajstić information content (AvgIpc) is 3.04. The minimum absolute atomic E-state index is 0.0903. The van der Waals surface area contributed by atoms with Crippen molar-refractivity contribution >= 4 is 29.2 Å². The summed E-state index contributed by atoms with van der Waals surface area (Å²) in [5.74, 6) is -1.28. The van der Waals surface area contributed by atoms with Gasteiger partial charge in [-0.25, -0.2) is 4.39 Å². The molecule has 0 bridgehead atoms. The van der Waals surface area contributed by atoms with Gasteiger partial charge in [0.2, 0.25) is 0 Å². The molecule has 0 radical (unpaired) electrons. The number of nitrogens with one attached hydrogen (secondary N) is 1. The molecule has 1 aliphatic carbocycles. The van der Waals surface area contributed by atoms with Crippen LogP contribution >= 0.6 is 23.2 Å². The largest absolute Gasteiger partial charge is 0.459 e. The second-order valence-electron chi connectivity index (χ2n) is 10.9. The molecule has 2 aliphatic rings. The summed E-state index contributed by atoms with van der Waals surface area (Å²) in [6.45, 7) is 7.86. The minimum atomic E-state index is -0.628. The quantitative estimate of drug-likeness (QED) is 0.447. The van der Waals surface area contributed by atoms with E-state index in [4.69, 9.17) is 27.9 Å². The standard InChI is InChI=1S/C27H32Cl2FNO2/c1-26(2,3)33-25(32)24-22(16-7-5-8-17(28)13-16)23(19-10-9-18(29)14-20(19)30)21(31-24)15-27(4)11-6-12-27/h5,7-10,13-14,21-24,31H,6,11-12,15H2,1-4H3. The first-order valence-electron chi connectivity index (χ1n) is 11.7. The van der Waals surface area contributed by atoms with E-state index >= 15 is 4.39 Å². The zero-order chi connectivity index (χ0) is 24.0. The van der Waals surface area contributed by atoms with Gasteiger partial charge in [-0.2, -0.15) is 0 Å². The molecule has 0 amide bonds. The number of hydrogen-bond acceptors (Lipinski definition) is 3. The van der Waals surface area contributed by atoms with Crippen molar-refractivity contribution in [2.24, 2.45) is 5.41 Å². The van der Waals surface area contributed by atoms with Crippen molar-refractivity contribution in [3.63, 3.8) is 0 Å². The van der Waals surface area contributed by atoms with Gasteiger partial charge < -0.3 is 10.1 Å². The van der Waals surface area contributed by atoms with Crippen molar-refractivity contribution in [1.29, 1.82) is 0 Å². The Morgan fingerprint density at radius 3 is 2.39 bits per heavy atom. The Morgan fingerprint density at radius 1 is 1.12 bits per heavy atom. The third kappa shape index (κ3) is 5.39. The lowest BCUT2D eigenvalue weighted by molar-refractivity contribution is -0.157. The predicted octanol–water partition coefficient (Wildman–Crippen LogP) is 7.26. The lowest BCUT2D eigenvalue weighted by atomic mass is 9.64. The lowest BCUT2D eigenvalue weighted by Crippen LogP contribution is -2.43. The molecule has 0 aromatic heterocycles. The van der Waals surface area contributed by atoms with Gasteiger partial charge in [-0.3, -0.25) is 4.79 Å². The molecule has 4 rings (SSSR count). The second kappa shape index (κ2) is 9.20. The molecule has 4 unspecified atom stereocenters. The number of hydrogen-bond donors (Lipinski definition) is 1. The molecule has 1 N–H and O–H groups in total. The molecule has 6 heteroatoms. The van der Waals surface area contributed by atoms with Crippen LogP contribution in [0.15, 0.2) is 42.5 Å². The Bertz CT molecular complexity index is 1030. The van der Waals surface area contributed by atoms with Crippen molar-refractivity contribution in [2.75, 3.05) is 0 Å². The maximum absolute atomic E-state index is 15.3. The highest BCUT2D eigenvalue weighted by Gasteiger charge is 2.51. The highest BCUT2D eigenvalue weighted by atomic mass is 35.5. The Morgan fingerprint density at radius 2 is 1.82 bits per heavy atom. The molecule has 1 aliphatic heterocycles. The Labute approximate surface area is 206 Å². The molecule has 2 aromatic rings. The number of carbonyl (C=O) groups is 1. The van der Waals surface area contributed by atoms with E-state index in [2.05, 4.69) is 12.2 Å². The summed E-state index contributed by atoms with van der Waals surface area (Å²) < 4.78 is 21.1. The van der Waals surface area contributed by atoms with E-state index in [1.54, 1.807) is 18.2 Å². The van der Waals surface area contributed by atoms with E-state index in [1.165, 1.54) is 12.5 Å². The molecule has 178 valence electrons. The van der Waals surface area contributed by atoms with Gasteiger partial charge in [0.15, 0.2) is 0 Å². The Hall–Kier alpha value is -1.62. The van der Waals surface area contributed by atoms with Gasteiger partial charge in [-0.05, 0) is 80.8 Å². The summed E-state index contributed by atoms with van der Waals surface area (Å²) in [6.07, 6.45) is 4.34. The first-order chi connectivity index (χ1) is 15.5. The number of esters is 1. The molecule has 1 heterocycles. The highest BCUT2D eigenvalue weighted by molar-refractivity contribution is 6.30. The predicted molar refractivity (Wildman–Crippen MR) is 131 cm³/mol. The molecule has 4 atom stereocenters. The third-order valence-corrected chi connectivity index (χ3v) is 7.53. The van der Waals surface area contributed by atoms with E-state index in [1.807, 2.05) is 39.0 Å². The summed E-state index contributed by atoms with van der Waals surface area (Å²) in [6, 6.07) is 11.6. The number of ether oxygens (including phenoxy) is 1. The van der Waals surface area contributed by atoms with Crippen LogP contribution < -0.4 is 5.32 Å². The van der Waals surface area contributed by atoms with Crippen molar-refractivity contribution in [3.8, 4) is 0 Å². The molecule has 33 heavy (non-hydrogen) atoms. The van der Waals surface area contributed by atoms with Crippen LogP contribution in [0.25, 0.3) is 0 Å². The zero-order valence-corrected chi connectivity index (χ0v) is 21.1. The Balaban J connectivity index is 1.82. The monoisotopic (exact) mass is 491 g/mol. The van der Waals surface area contributed by atoms with E-state index in [-0.39, 0.29) is 35.1 Å². The van der Waals surface area contributed by atoms with Crippen LogP contribution in [0, 0.1) is 11.2 Å². The van der Waals surface area contributed by atoms with E-state index in [0.717, 1.165) is 24.8 Å². The molecule has 2 fully saturated rings. The lowest BCUT2D eigenvalue weighted by Gasteiger charge is -2.42. The molecular weight excluding hydrogens is 460 g/mol. The summed E-state index contributed by atoms with van der Waals surface area (Å²) in [5.41, 5.74) is 1.01. The van der Waals surface area contributed by atoms with Gasteiger partial charge in [-0.1, -0.05) is 54.7 Å². The summed E-state index contributed by atoms with van der Waals surface area (Å²) in [7, 11) is 0. The van der Waals surface area contributed by atoms with E-state index < -0.39 is 11.6 Å². The zero-order valence-electron chi connectivity index (χ0n) is 19.6. The number of carbonyl (C=O) groups excluding carboxylic acids is 1. The topological polar surface area (TPSA) is 38.3 Å². The van der Waals surface area contributed by atoms with Crippen molar-refractivity contribution in [2.45, 2.75) is 82.9 Å². The van der Waals surface area contributed by atoms with Crippen LogP contribution in [0.1, 0.15) is 76.3 Å². The van der Waals surface area contributed by atoms with Crippen LogP contribution in [0.3, 0.4) is 0 Å². The molecule has 2 aromatic carbocycles. The number of halogens is 3. The fourth-order valence-corrected chi connectivity index (χ4v) is 5.83. The molecule has 1 saturated carbocycles. The Kier molecular flexibility index (Phi) is 6.83. The molecule has 0 spiro atoms. The smallest absolute Gasteiger partial charge is 0.324 e. The maximum atomic E-state index is 15.3. The SMILES string of the molecule is CC1(CC2NC(C(=O)OC(C)(C)C)C(c3cccc(Cl)c3)C2c2ccc(Cl)cc2F)CCC1. The van der Waals surface area contributed by atoms with Crippen LogP contribution in [0.5, 0.6) is 0 Å². The maximum Gasteiger partial charge on any atom is 0.324 e. The van der Waals surface area contributed by atoms with E-state index in [9.17, 15) is 4.79 Å². The molecular formula is C27H32Cl2FNO2. The van der Waals surface area contributed by atoms with Gasteiger partial charge in [0.25, 0.3) is 0 Å². The number of benzene rings is 2. The van der Waals surface area contributed by atoms with Crippen LogP contribution in [-0.4, -0.2) is 23.7 Å². The molecule has 3 nitrogen and oxygen atoms in total. The number of rotatable bonds is 5. The first-order valence-corrected chi connectivity index (χ1v) is 12.4. The van der Waals surface area contributed by atoms with Crippen LogP contribution in [-0.2, 0) is 9.53 Å². The normalized spacial score (nSPS) is 26.6. The average molecular weight is 492 g/mol. The van der Waals surface area contributed by atoms with Gasteiger partial charge in [0.1, 0.15) is 17.5 Å². The summed E-state index contributed by atoms with van der Waals surface area (Å²) in [5, 5.41) is 4.52. The van der Waals surface area contributed by atoms with E-state index in [0.29, 0.717) is 15.6 Å². The first kappa shape index (κ1) is 24.5. The van der Waals surface area contributed by atoms with Crippen molar-refractivity contribution < 1.29 is 13.9 Å². The highest BCUT2D eigenvalue weighted by Crippen LogP contribution is 2.52. The minimum Gasteiger partial charge on any atom is -0.459 e. The van der Waals surface area contributed by atoms with Crippen LogP contribution in [0.4, 0.5) is 4.39 Å². The van der Waals surface area contributed by atoms with Gasteiger partial charge >= 0.3 is 5.97 Å². The van der Waals surface area contributed by atoms with Gasteiger partial charge in [0, 0.05) is 27.9 Å². The third-order valence-electron chi connectivity index (χ3n) is 7.06. The van der Waals surface area contributed by atoms with Gasteiger partial charge in [-0.15, -0.1) is 0 Å². The van der Waals surface area contributed by atoms with Crippen LogP contribution in [0.2, 0.25) is 10.0 Å². The fraction of sp³-hybridized carbons (Fsp3) is 0.519. The van der Waals surface area contributed by atoms with Crippen molar-refractivity contribution in [3.05, 3.63) is 69.5 Å².